The number of hydrogen-bond acceptors (Lipinski definition) is 3. The molecule has 0 heterocycles. The van der Waals surface area contributed by atoms with Crippen LogP contribution in [0, 0.1) is 17.1 Å². The average molecular weight is 548 g/mol. The van der Waals surface area contributed by atoms with E-state index in [1.807, 2.05) is 6.07 Å². The van der Waals surface area contributed by atoms with Crippen LogP contribution < -0.4 is 10.6 Å². The normalized spacial score (nSPS) is 17.5. The van der Waals surface area contributed by atoms with E-state index in [2.05, 4.69) is 10.6 Å². The molecule has 1 aliphatic rings. The number of carbonyl (C=O) groups is 1. The Morgan fingerprint density at radius 2 is 1.73 bits per heavy atom. The minimum atomic E-state index is -4.87. The summed E-state index contributed by atoms with van der Waals surface area (Å²) < 4.78 is 95.8. The van der Waals surface area contributed by atoms with Gasteiger partial charge in [0.1, 0.15) is 17.4 Å². The van der Waals surface area contributed by atoms with Crippen molar-refractivity contribution in [3.05, 3.63) is 71.0 Å². The first kappa shape index (κ1) is 28.7. The zero-order valence-electron chi connectivity index (χ0n) is 19.6. The van der Waals surface area contributed by atoms with Crippen LogP contribution in [0.4, 0.5) is 30.7 Å². The number of alkyl halides is 6. The lowest BCUT2D eigenvalue weighted by atomic mass is 10.0. The summed E-state index contributed by atoms with van der Waals surface area (Å²) in [6, 6.07) is 6.58. The number of nitrogens with one attached hydrogen (secondary N) is 2. The Kier molecular flexibility index (Phi) is 8.70. The first-order chi connectivity index (χ1) is 17.3. The summed E-state index contributed by atoms with van der Waals surface area (Å²) in [4.78, 5) is 13.1. The van der Waals surface area contributed by atoms with E-state index in [1.165, 1.54) is 18.2 Å². The molecule has 2 aromatic rings. The van der Waals surface area contributed by atoms with Gasteiger partial charge in [-0.15, -0.1) is 0 Å². The summed E-state index contributed by atoms with van der Waals surface area (Å²) in [7, 11) is -1.05. The number of nitriles is 1. The molecule has 0 radical (unpaired) electrons. The van der Waals surface area contributed by atoms with E-state index in [0.717, 1.165) is 30.3 Å². The topological polar surface area (TPSA) is 64.9 Å². The predicted octanol–water partition coefficient (Wildman–Crippen LogP) is 5.87. The van der Waals surface area contributed by atoms with Crippen LogP contribution in [0.5, 0.6) is 0 Å². The fourth-order valence-electron chi connectivity index (χ4n) is 3.72. The second-order valence-electron chi connectivity index (χ2n) is 8.67. The highest BCUT2D eigenvalue weighted by Gasteiger charge is 2.47. The molecule has 1 saturated carbocycles. The summed E-state index contributed by atoms with van der Waals surface area (Å²) in [5.74, 6) is -1.99. The highest BCUT2D eigenvalue weighted by atomic mass is 32.2. The molecule has 200 valence electrons. The average Bonchev–Trinajstić information content (AvgIpc) is 3.60. The molecule has 2 aromatic carbocycles. The van der Waals surface area contributed by atoms with Gasteiger partial charge in [0.2, 0.25) is 5.91 Å². The van der Waals surface area contributed by atoms with Crippen molar-refractivity contribution in [2.75, 3.05) is 5.75 Å². The molecule has 3 rings (SSSR count). The van der Waals surface area contributed by atoms with E-state index in [0.29, 0.717) is 12.8 Å². The van der Waals surface area contributed by atoms with Gasteiger partial charge in [0.05, 0.1) is 17.7 Å². The molecule has 0 saturated heterocycles. The maximum absolute atomic E-state index is 14.0. The van der Waals surface area contributed by atoms with E-state index >= 15 is 0 Å². The SMILES string of the molecule is C/C=S(\Cc1ccccc1C(F)(F)F)C[C@H](N[C@@H](c1ccc(F)cc1)C(F)(F)F)C(=O)NC1(C#N)CC1. The molecule has 0 aliphatic heterocycles. The molecule has 12 heteroatoms. The molecule has 1 amide bonds. The zero-order valence-corrected chi connectivity index (χ0v) is 20.4. The van der Waals surface area contributed by atoms with E-state index in [9.17, 15) is 40.8 Å². The lowest BCUT2D eigenvalue weighted by Gasteiger charge is -2.29. The van der Waals surface area contributed by atoms with E-state index in [-0.39, 0.29) is 22.6 Å². The molecule has 37 heavy (non-hydrogen) atoms. The summed E-state index contributed by atoms with van der Waals surface area (Å²) in [6.07, 6.45) is -8.82. The van der Waals surface area contributed by atoms with Crippen molar-refractivity contribution >= 4 is 21.8 Å². The van der Waals surface area contributed by atoms with Gasteiger partial charge in [0.25, 0.3) is 0 Å². The first-order valence-electron chi connectivity index (χ1n) is 11.2. The minimum absolute atomic E-state index is 0.0443. The van der Waals surface area contributed by atoms with Gasteiger partial charge < -0.3 is 5.32 Å². The summed E-state index contributed by atoms with van der Waals surface area (Å²) in [5, 5.41) is 15.7. The molecular formula is C25H24F7N3OS. The van der Waals surface area contributed by atoms with E-state index in [1.54, 1.807) is 12.3 Å². The standard InChI is InChI=1S/C25H24F7N3OS/c1-2-37(13-17-5-3-4-6-19(17)24(27,28)29)14-20(22(36)35-23(15-33)11-12-23)34-21(25(30,31)32)16-7-9-18(26)10-8-16/h2-10,20-21,34H,11-14H2,1H3,(H,35,36)/t20-,21-,37?/m0/s1. The molecule has 2 N–H and O–H groups in total. The number of carbonyl (C=O) groups excluding carboxylic acids is 1. The van der Waals surface area contributed by atoms with Crippen LogP contribution in [0.2, 0.25) is 0 Å². The fourth-order valence-corrected chi connectivity index (χ4v) is 5.53. The largest absolute Gasteiger partial charge is 0.416 e. The zero-order chi connectivity index (χ0) is 27.4. The van der Waals surface area contributed by atoms with Crippen molar-refractivity contribution in [2.45, 2.75) is 55.5 Å². The number of hydrogen-bond donors (Lipinski definition) is 2. The molecule has 1 unspecified atom stereocenters. The van der Waals surface area contributed by atoms with Crippen molar-refractivity contribution in [2.24, 2.45) is 0 Å². The molecule has 4 nitrogen and oxygen atoms in total. The Morgan fingerprint density at radius 1 is 1.11 bits per heavy atom. The van der Waals surface area contributed by atoms with E-state index in [4.69, 9.17) is 0 Å². The second kappa shape index (κ2) is 11.2. The third-order valence-electron chi connectivity index (χ3n) is 5.92. The molecule has 0 bridgehead atoms. The first-order valence-corrected chi connectivity index (χ1v) is 12.8. The number of benzene rings is 2. The van der Waals surface area contributed by atoms with Gasteiger partial charge in [-0.25, -0.2) is 4.39 Å². The van der Waals surface area contributed by atoms with Crippen LogP contribution in [0.25, 0.3) is 0 Å². The van der Waals surface area contributed by atoms with Crippen LogP contribution in [-0.2, 0) is 16.7 Å². The van der Waals surface area contributed by atoms with Crippen molar-refractivity contribution in [1.82, 2.24) is 10.6 Å². The van der Waals surface area contributed by atoms with Gasteiger partial charge in [-0.2, -0.15) is 42.1 Å². The lowest BCUT2D eigenvalue weighted by Crippen LogP contribution is -2.53. The smallest absolute Gasteiger partial charge is 0.336 e. The third kappa shape index (κ3) is 7.55. The predicted molar refractivity (Wildman–Crippen MR) is 127 cm³/mol. The number of halogens is 7. The van der Waals surface area contributed by atoms with Crippen LogP contribution in [-0.4, -0.2) is 34.8 Å². The Morgan fingerprint density at radius 3 is 2.24 bits per heavy atom. The van der Waals surface area contributed by atoms with Crippen molar-refractivity contribution < 1.29 is 35.5 Å². The van der Waals surface area contributed by atoms with Crippen LogP contribution in [0.3, 0.4) is 0 Å². The molecular weight excluding hydrogens is 523 g/mol. The van der Waals surface area contributed by atoms with Crippen molar-refractivity contribution in [3.8, 4) is 6.07 Å². The maximum atomic E-state index is 14.0. The monoisotopic (exact) mass is 547 g/mol. The van der Waals surface area contributed by atoms with E-state index < -0.39 is 57.7 Å². The van der Waals surface area contributed by atoms with Gasteiger partial charge in [-0.1, -0.05) is 35.7 Å². The van der Waals surface area contributed by atoms with Crippen LogP contribution in [0.15, 0.2) is 48.5 Å². The Balaban J connectivity index is 1.92. The van der Waals surface area contributed by atoms with Gasteiger partial charge in [-0.3, -0.25) is 10.1 Å². The molecule has 0 aromatic heterocycles. The molecule has 0 spiro atoms. The highest BCUT2D eigenvalue weighted by Crippen LogP contribution is 2.38. The maximum Gasteiger partial charge on any atom is 0.416 e. The molecule has 1 aliphatic carbocycles. The van der Waals surface area contributed by atoms with Gasteiger partial charge in [0, 0.05) is 11.5 Å². The molecule has 1 fully saturated rings. The molecule has 3 atom stereocenters. The highest BCUT2D eigenvalue weighted by molar-refractivity contribution is 8.14. The summed E-state index contributed by atoms with van der Waals surface area (Å²) >= 11 is 0. The number of amides is 1. The van der Waals surface area contributed by atoms with Gasteiger partial charge in [-0.05, 0) is 49.1 Å². The minimum Gasteiger partial charge on any atom is -0.336 e. The Labute approximate surface area is 211 Å². The fraction of sp³-hybridized carbons (Fsp3) is 0.400. The van der Waals surface area contributed by atoms with Crippen LogP contribution in [0.1, 0.15) is 42.5 Å². The van der Waals surface area contributed by atoms with Crippen molar-refractivity contribution in [1.29, 1.82) is 5.26 Å². The van der Waals surface area contributed by atoms with Crippen molar-refractivity contribution in [3.63, 3.8) is 0 Å². The van der Waals surface area contributed by atoms with Gasteiger partial charge in [0.15, 0.2) is 0 Å². The van der Waals surface area contributed by atoms with Crippen LogP contribution >= 0.6 is 10.5 Å². The Hall–Kier alpha value is -2.91. The summed E-state index contributed by atoms with van der Waals surface area (Å²) in [5.41, 5.74) is -2.41. The number of rotatable bonds is 9. The third-order valence-corrected chi connectivity index (χ3v) is 8.03. The quantitative estimate of drug-likeness (QED) is 0.305. The van der Waals surface area contributed by atoms with Gasteiger partial charge >= 0.3 is 12.4 Å². The second-order valence-corrected chi connectivity index (χ2v) is 10.8. The Bertz CT molecular complexity index is 1180. The summed E-state index contributed by atoms with van der Waals surface area (Å²) in [6.45, 7) is 1.56. The number of nitrogens with zero attached hydrogens (tertiary/aromatic N) is 1. The lowest BCUT2D eigenvalue weighted by molar-refractivity contribution is -0.160.